The molecule has 0 radical (unpaired) electrons. The molecule has 26 heavy (non-hydrogen) atoms. The maximum atomic E-state index is 12.1. The minimum Gasteiger partial charge on any atom is -0.507 e. The van der Waals surface area contributed by atoms with Crippen molar-refractivity contribution in [3.8, 4) is 17.2 Å². The highest BCUT2D eigenvalue weighted by Crippen LogP contribution is 2.38. The fraction of sp³-hybridized carbons (Fsp3) is 0.263. The molecule has 0 spiro atoms. The highest BCUT2D eigenvalue weighted by atomic mass is 35.5. The SMILES string of the molecule is COc1ccc(C2CC(c3cc(Cl)ccc3O)=NN2C(C)=O)cc1OC. The first-order chi connectivity index (χ1) is 12.4. The second-order valence-electron chi connectivity index (χ2n) is 5.91. The molecule has 0 saturated carbocycles. The third-order valence-corrected chi connectivity index (χ3v) is 4.53. The summed E-state index contributed by atoms with van der Waals surface area (Å²) in [5, 5.41) is 16.5. The summed E-state index contributed by atoms with van der Waals surface area (Å²) >= 11 is 6.04. The van der Waals surface area contributed by atoms with Crippen LogP contribution in [0.25, 0.3) is 0 Å². The van der Waals surface area contributed by atoms with Gasteiger partial charge in [0.15, 0.2) is 11.5 Å². The van der Waals surface area contributed by atoms with Gasteiger partial charge >= 0.3 is 0 Å². The summed E-state index contributed by atoms with van der Waals surface area (Å²) in [7, 11) is 3.13. The van der Waals surface area contributed by atoms with Crippen LogP contribution in [0.15, 0.2) is 41.5 Å². The number of benzene rings is 2. The molecule has 1 heterocycles. The zero-order valence-electron chi connectivity index (χ0n) is 14.7. The number of hydrogen-bond acceptors (Lipinski definition) is 5. The van der Waals surface area contributed by atoms with E-state index in [1.807, 2.05) is 12.1 Å². The Morgan fingerprint density at radius 2 is 1.92 bits per heavy atom. The van der Waals surface area contributed by atoms with Crippen LogP contribution in [-0.4, -0.2) is 36.0 Å². The predicted molar refractivity (Wildman–Crippen MR) is 99.1 cm³/mol. The van der Waals surface area contributed by atoms with Crippen molar-refractivity contribution < 1.29 is 19.4 Å². The first-order valence-corrected chi connectivity index (χ1v) is 8.40. The molecule has 0 aliphatic carbocycles. The maximum Gasteiger partial charge on any atom is 0.240 e. The van der Waals surface area contributed by atoms with E-state index in [0.717, 1.165) is 5.56 Å². The molecule has 3 rings (SSSR count). The Kier molecular flexibility index (Phi) is 5.04. The highest BCUT2D eigenvalue weighted by molar-refractivity contribution is 6.31. The van der Waals surface area contributed by atoms with Crippen LogP contribution >= 0.6 is 11.6 Å². The number of phenols is 1. The molecule has 6 nitrogen and oxygen atoms in total. The average molecular weight is 375 g/mol. The predicted octanol–water partition coefficient (Wildman–Crippen LogP) is 3.76. The Morgan fingerprint density at radius 1 is 1.19 bits per heavy atom. The van der Waals surface area contributed by atoms with Gasteiger partial charge in [0.05, 0.1) is 26.0 Å². The molecule has 1 aliphatic heterocycles. The molecule has 1 N–H and O–H groups in total. The van der Waals surface area contributed by atoms with Gasteiger partial charge in [-0.1, -0.05) is 17.7 Å². The van der Waals surface area contributed by atoms with Crippen LogP contribution in [0, 0.1) is 0 Å². The van der Waals surface area contributed by atoms with Crippen LogP contribution in [0.1, 0.15) is 30.5 Å². The second-order valence-corrected chi connectivity index (χ2v) is 6.34. The molecule has 7 heteroatoms. The van der Waals surface area contributed by atoms with Crippen LogP contribution in [0.2, 0.25) is 5.02 Å². The van der Waals surface area contributed by atoms with Crippen LogP contribution < -0.4 is 9.47 Å². The number of ether oxygens (including phenoxy) is 2. The molecule has 136 valence electrons. The topological polar surface area (TPSA) is 71.4 Å². The fourth-order valence-electron chi connectivity index (χ4n) is 3.02. The lowest BCUT2D eigenvalue weighted by Gasteiger charge is -2.21. The summed E-state index contributed by atoms with van der Waals surface area (Å²) in [6.45, 7) is 1.46. The zero-order valence-corrected chi connectivity index (χ0v) is 15.4. The van der Waals surface area contributed by atoms with E-state index in [9.17, 15) is 9.90 Å². The Labute approximate surface area is 156 Å². The summed E-state index contributed by atoms with van der Waals surface area (Å²) in [6, 6.07) is 9.95. The van der Waals surface area contributed by atoms with E-state index in [2.05, 4.69) is 5.10 Å². The van der Waals surface area contributed by atoms with Crippen LogP contribution in [0.3, 0.4) is 0 Å². The van der Waals surface area contributed by atoms with Crippen molar-refractivity contribution in [2.24, 2.45) is 5.10 Å². The minimum absolute atomic E-state index is 0.0737. The zero-order chi connectivity index (χ0) is 18.8. The molecule has 0 bridgehead atoms. The van der Waals surface area contributed by atoms with Crippen molar-refractivity contribution >= 4 is 23.2 Å². The molecular formula is C19H19ClN2O4. The lowest BCUT2D eigenvalue weighted by molar-refractivity contribution is -0.130. The molecule has 0 fully saturated rings. The molecule has 2 aromatic carbocycles. The standard InChI is InChI=1S/C19H19ClN2O4/c1-11(23)22-16(12-4-7-18(25-2)19(8-12)26-3)10-15(21-22)14-9-13(20)5-6-17(14)24/h4-9,16,24H,10H2,1-3H3. The van der Waals surface area contributed by atoms with Crippen molar-refractivity contribution in [1.29, 1.82) is 0 Å². The molecule has 1 atom stereocenters. The Balaban J connectivity index is 1.99. The first kappa shape index (κ1) is 18.1. The van der Waals surface area contributed by atoms with E-state index in [4.69, 9.17) is 21.1 Å². The first-order valence-electron chi connectivity index (χ1n) is 8.02. The fourth-order valence-corrected chi connectivity index (χ4v) is 3.19. The second kappa shape index (κ2) is 7.25. The lowest BCUT2D eigenvalue weighted by Crippen LogP contribution is -2.24. The van der Waals surface area contributed by atoms with Crippen LogP contribution in [-0.2, 0) is 4.79 Å². The summed E-state index contributed by atoms with van der Waals surface area (Å²) in [6.07, 6.45) is 0.447. The molecule has 1 aliphatic rings. The Morgan fingerprint density at radius 3 is 2.58 bits per heavy atom. The number of phenolic OH excluding ortho intramolecular Hbond substituents is 1. The van der Waals surface area contributed by atoms with E-state index in [0.29, 0.717) is 34.2 Å². The van der Waals surface area contributed by atoms with Gasteiger partial charge in [0.2, 0.25) is 5.91 Å². The van der Waals surface area contributed by atoms with Gasteiger partial charge < -0.3 is 14.6 Å². The van der Waals surface area contributed by atoms with Crippen molar-refractivity contribution in [3.63, 3.8) is 0 Å². The Hall–Kier alpha value is -2.73. The number of carbonyl (C=O) groups is 1. The summed E-state index contributed by atoms with van der Waals surface area (Å²) in [5.74, 6) is 1.07. The molecule has 0 saturated heterocycles. The quantitative estimate of drug-likeness (QED) is 0.884. The van der Waals surface area contributed by atoms with Crippen molar-refractivity contribution in [3.05, 3.63) is 52.5 Å². The molecule has 1 amide bonds. The summed E-state index contributed by atoms with van der Waals surface area (Å²) in [5.41, 5.74) is 1.98. The highest BCUT2D eigenvalue weighted by Gasteiger charge is 2.33. The van der Waals surface area contributed by atoms with E-state index in [-0.39, 0.29) is 17.7 Å². The number of methoxy groups -OCH3 is 2. The van der Waals surface area contributed by atoms with Gasteiger partial charge in [-0.3, -0.25) is 4.79 Å². The van der Waals surface area contributed by atoms with Gasteiger partial charge in [-0.2, -0.15) is 5.10 Å². The summed E-state index contributed by atoms with van der Waals surface area (Å²) < 4.78 is 10.6. The number of rotatable bonds is 4. The van der Waals surface area contributed by atoms with E-state index in [1.165, 1.54) is 18.0 Å². The average Bonchev–Trinajstić information content (AvgIpc) is 3.08. The van der Waals surface area contributed by atoms with Gasteiger partial charge in [-0.25, -0.2) is 5.01 Å². The van der Waals surface area contributed by atoms with Crippen molar-refractivity contribution in [2.45, 2.75) is 19.4 Å². The number of amides is 1. The van der Waals surface area contributed by atoms with Crippen LogP contribution in [0.5, 0.6) is 17.2 Å². The van der Waals surface area contributed by atoms with Crippen molar-refractivity contribution in [1.82, 2.24) is 5.01 Å². The minimum atomic E-state index is -0.305. The van der Waals surface area contributed by atoms with E-state index in [1.54, 1.807) is 32.4 Å². The number of nitrogens with zero attached hydrogens (tertiary/aromatic N) is 2. The van der Waals surface area contributed by atoms with Crippen LogP contribution in [0.4, 0.5) is 0 Å². The molecule has 0 aromatic heterocycles. The molecule has 1 unspecified atom stereocenters. The number of hydrazone groups is 1. The number of halogens is 1. The molecular weight excluding hydrogens is 356 g/mol. The Bertz CT molecular complexity index is 882. The summed E-state index contributed by atoms with van der Waals surface area (Å²) in [4.78, 5) is 12.1. The third-order valence-electron chi connectivity index (χ3n) is 4.29. The van der Waals surface area contributed by atoms with E-state index < -0.39 is 0 Å². The number of hydrogen-bond donors (Lipinski definition) is 1. The maximum absolute atomic E-state index is 12.1. The number of carbonyl (C=O) groups excluding carboxylic acids is 1. The van der Waals surface area contributed by atoms with Gasteiger partial charge in [0.25, 0.3) is 0 Å². The monoisotopic (exact) mass is 374 g/mol. The van der Waals surface area contributed by atoms with Gasteiger partial charge in [-0.05, 0) is 35.9 Å². The molecule has 2 aromatic rings. The van der Waals surface area contributed by atoms with Gasteiger partial charge in [0.1, 0.15) is 5.75 Å². The third kappa shape index (κ3) is 3.32. The van der Waals surface area contributed by atoms with Crippen molar-refractivity contribution in [2.75, 3.05) is 14.2 Å². The number of aromatic hydroxyl groups is 1. The normalized spacial score (nSPS) is 16.4. The largest absolute Gasteiger partial charge is 0.507 e. The van der Waals surface area contributed by atoms with E-state index >= 15 is 0 Å². The van der Waals surface area contributed by atoms with Gasteiger partial charge in [0, 0.05) is 23.9 Å². The lowest BCUT2D eigenvalue weighted by atomic mass is 9.97. The van der Waals surface area contributed by atoms with Gasteiger partial charge in [-0.15, -0.1) is 0 Å². The smallest absolute Gasteiger partial charge is 0.240 e.